The van der Waals surface area contributed by atoms with Crippen LogP contribution in [-0.4, -0.2) is 13.7 Å². The Kier molecular flexibility index (Phi) is 6.13. The molecule has 0 saturated carbocycles. The zero-order valence-corrected chi connectivity index (χ0v) is 11.8. The van der Waals surface area contributed by atoms with Crippen molar-refractivity contribution in [2.75, 3.05) is 13.7 Å². The molecule has 1 N–H and O–H groups in total. The van der Waals surface area contributed by atoms with E-state index in [2.05, 4.69) is 19.2 Å². The van der Waals surface area contributed by atoms with Gasteiger partial charge in [0.25, 0.3) is 0 Å². The summed E-state index contributed by atoms with van der Waals surface area (Å²) in [7, 11) is 1.50. The molecule has 0 aromatic heterocycles. The molecule has 0 saturated heterocycles. The van der Waals surface area contributed by atoms with E-state index < -0.39 is 0 Å². The van der Waals surface area contributed by atoms with E-state index in [4.69, 9.17) is 4.74 Å². The number of ether oxygens (including phenoxy) is 1. The molecule has 1 aromatic rings. The van der Waals surface area contributed by atoms with Gasteiger partial charge < -0.3 is 10.1 Å². The van der Waals surface area contributed by atoms with Gasteiger partial charge in [-0.25, -0.2) is 4.39 Å². The van der Waals surface area contributed by atoms with E-state index in [9.17, 15) is 4.39 Å². The van der Waals surface area contributed by atoms with Gasteiger partial charge in [0.05, 0.1) is 7.11 Å². The molecule has 3 heteroatoms. The van der Waals surface area contributed by atoms with E-state index in [0.717, 1.165) is 19.4 Å². The zero-order chi connectivity index (χ0) is 13.5. The third-order valence-corrected chi connectivity index (χ3v) is 3.49. The molecular formula is C15H24FNO. The van der Waals surface area contributed by atoms with Crippen molar-refractivity contribution in [2.24, 2.45) is 5.92 Å². The molecule has 0 aliphatic heterocycles. The first-order valence-electron chi connectivity index (χ1n) is 6.75. The van der Waals surface area contributed by atoms with E-state index in [0.29, 0.717) is 17.2 Å². The van der Waals surface area contributed by atoms with E-state index in [1.165, 1.54) is 7.11 Å². The van der Waals surface area contributed by atoms with Crippen LogP contribution in [0.1, 0.15) is 45.2 Å². The molecule has 2 nitrogen and oxygen atoms in total. The van der Waals surface area contributed by atoms with Crippen molar-refractivity contribution in [2.45, 2.75) is 39.7 Å². The average Bonchev–Trinajstić information content (AvgIpc) is 2.39. The fourth-order valence-corrected chi connectivity index (χ4v) is 2.44. The van der Waals surface area contributed by atoms with Gasteiger partial charge in [-0.1, -0.05) is 45.7 Å². The average molecular weight is 253 g/mol. The van der Waals surface area contributed by atoms with Crippen LogP contribution in [-0.2, 0) is 0 Å². The largest absolute Gasteiger partial charge is 0.494 e. The standard InChI is InChI=1S/C15H24FNO/c1-5-11(6-2)15(17-7-3)12-9-8-10-13(18-4)14(12)16/h8-11,15,17H,5-7H2,1-4H3. The van der Waals surface area contributed by atoms with Crippen LogP contribution in [0.25, 0.3) is 0 Å². The van der Waals surface area contributed by atoms with Crippen LogP contribution in [0, 0.1) is 11.7 Å². The van der Waals surface area contributed by atoms with Gasteiger partial charge in [0.1, 0.15) is 0 Å². The molecule has 0 amide bonds. The topological polar surface area (TPSA) is 21.3 Å². The minimum Gasteiger partial charge on any atom is -0.494 e. The summed E-state index contributed by atoms with van der Waals surface area (Å²) in [5.74, 6) is 0.519. The highest BCUT2D eigenvalue weighted by Crippen LogP contribution is 2.32. The molecule has 0 heterocycles. The van der Waals surface area contributed by atoms with Gasteiger partial charge in [-0.05, 0) is 18.5 Å². The predicted molar refractivity (Wildman–Crippen MR) is 73.4 cm³/mol. The number of hydrogen-bond donors (Lipinski definition) is 1. The molecule has 0 spiro atoms. The summed E-state index contributed by atoms with van der Waals surface area (Å²) in [5, 5.41) is 3.40. The van der Waals surface area contributed by atoms with Crippen molar-refractivity contribution in [1.29, 1.82) is 0 Å². The minimum absolute atomic E-state index is 0.0556. The van der Waals surface area contributed by atoms with E-state index in [-0.39, 0.29) is 11.9 Å². The smallest absolute Gasteiger partial charge is 0.169 e. The van der Waals surface area contributed by atoms with Crippen LogP contribution in [0.2, 0.25) is 0 Å². The summed E-state index contributed by atoms with van der Waals surface area (Å²) in [6.07, 6.45) is 2.07. The minimum atomic E-state index is -0.238. The fourth-order valence-electron chi connectivity index (χ4n) is 2.44. The molecule has 0 aliphatic rings. The predicted octanol–water partition coefficient (Wildman–Crippen LogP) is 3.92. The molecule has 0 radical (unpaired) electrons. The monoisotopic (exact) mass is 253 g/mol. The van der Waals surface area contributed by atoms with Crippen molar-refractivity contribution < 1.29 is 9.13 Å². The molecule has 102 valence electrons. The summed E-state index contributed by atoms with van der Waals surface area (Å²) >= 11 is 0. The Labute approximate surface area is 110 Å². The summed E-state index contributed by atoms with van der Waals surface area (Å²) < 4.78 is 19.4. The molecular weight excluding hydrogens is 229 g/mol. The first-order chi connectivity index (χ1) is 8.69. The van der Waals surface area contributed by atoms with Gasteiger partial charge in [-0.15, -0.1) is 0 Å². The second-order valence-electron chi connectivity index (χ2n) is 4.48. The summed E-state index contributed by atoms with van der Waals surface area (Å²) in [5.41, 5.74) is 0.713. The highest BCUT2D eigenvalue weighted by Gasteiger charge is 2.23. The van der Waals surface area contributed by atoms with Crippen LogP contribution in [0.5, 0.6) is 5.75 Å². The highest BCUT2D eigenvalue weighted by atomic mass is 19.1. The van der Waals surface area contributed by atoms with Crippen LogP contribution in [0.4, 0.5) is 4.39 Å². The normalized spacial score (nSPS) is 12.8. The Morgan fingerprint density at radius 2 is 1.89 bits per heavy atom. The van der Waals surface area contributed by atoms with Gasteiger partial charge in [0, 0.05) is 11.6 Å². The molecule has 18 heavy (non-hydrogen) atoms. The Balaban J connectivity index is 3.12. The van der Waals surface area contributed by atoms with Crippen molar-refractivity contribution >= 4 is 0 Å². The van der Waals surface area contributed by atoms with Crippen molar-refractivity contribution in [3.63, 3.8) is 0 Å². The summed E-state index contributed by atoms with van der Waals surface area (Å²) in [4.78, 5) is 0. The van der Waals surface area contributed by atoms with Gasteiger partial charge >= 0.3 is 0 Å². The van der Waals surface area contributed by atoms with Crippen LogP contribution in [0.15, 0.2) is 18.2 Å². The molecule has 1 atom stereocenters. The van der Waals surface area contributed by atoms with Crippen molar-refractivity contribution in [3.05, 3.63) is 29.6 Å². The van der Waals surface area contributed by atoms with Gasteiger partial charge in [0.2, 0.25) is 0 Å². The van der Waals surface area contributed by atoms with E-state index in [1.54, 1.807) is 6.07 Å². The highest BCUT2D eigenvalue weighted by molar-refractivity contribution is 5.33. The van der Waals surface area contributed by atoms with Crippen LogP contribution < -0.4 is 10.1 Å². The number of methoxy groups -OCH3 is 1. The zero-order valence-electron chi connectivity index (χ0n) is 11.8. The van der Waals surface area contributed by atoms with Gasteiger partial charge in [0.15, 0.2) is 11.6 Å². The van der Waals surface area contributed by atoms with Gasteiger partial charge in [-0.3, -0.25) is 0 Å². The Morgan fingerprint density at radius 1 is 1.22 bits per heavy atom. The van der Waals surface area contributed by atoms with Crippen LogP contribution >= 0.6 is 0 Å². The number of halogens is 1. The fraction of sp³-hybridized carbons (Fsp3) is 0.600. The number of hydrogen-bond acceptors (Lipinski definition) is 2. The van der Waals surface area contributed by atoms with Crippen molar-refractivity contribution in [1.82, 2.24) is 5.32 Å². The number of nitrogens with one attached hydrogen (secondary N) is 1. The third kappa shape index (κ3) is 3.22. The molecule has 1 rings (SSSR count). The first kappa shape index (κ1) is 15.0. The quantitative estimate of drug-likeness (QED) is 0.795. The molecule has 0 fully saturated rings. The lowest BCUT2D eigenvalue weighted by Gasteiger charge is -2.27. The lowest BCUT2D eigenvalue weighted by molar-refractivity contribution is 0.328. The number of benzene rings is 1. The first-order valence-corrected chi connectivity index (χ1v) is 6.75. The van der Waals surface area contributed by atoms with Crippen LogP contribution in [0.3, 0.4) is 0 Å². The van der Waals surface area contributed by atoms with E-state index in [1.807, 2.05) is 19.1 Å². The maximum Gasteiger partial charge on any atom is 0.169 e. The Morgan fingerprint density at radius 3 is 2.39 bits per heavy atom. The maximum atomic E-state index is 14.3. The third-order valence-electron chi connectivity index (χ3n) is 3.49. The molecule has 0 bridgehead atoms. The molecule has 0 aliphatic carbocycles. The SMILES string of the molecule is CCNC(c1cccc(OC)c1F)C(CC)CC. The molecule has 1 aromatic carbocycles. The lowest BCUT2D eigenvalue weighted by Crippen LogP contribution is -2.28. The maximum absolute atomic E-state index is 14.3. The van der Waals surface area contributed by atoms with Gasteiger partial charge in [-0.2, -0.15) is 0 Å². The second kappa shape index (κ2) is 7.37. The summed E-state index contributed by atoms with van der Waals surface area (Å²) in [6.45, 7) is 7.18. The summed E-state index contributed by atoms with van der Waals surface area (Å²) in [6, 6.07) is 5.42. The van der Waals surface area contributed by atoms with Crippen molar-refractivity contribution in [3.8, 4) is 5.75 Å². The number of rotatable bonds is 7. The van der Waals surface area contributed by atoms with E-state index >= 15 is 0 Å². The molecule has 1 unspecified atom stereocenters. The Bertz CT molecular complexity index is 364. The Hall–Kier alpha value is -1.09. The lowest BCUT2D eigenvalue weighted by atomic mass is 9.88. The second-order valence-corrected chi connectivity index (χ2v) is 4.48.